The van der Waals surface area contributed by atoms with E-state index in [1.807, 2.05) is 23.9 Å². The minimum absolute atomic E-state index is 0.00456. The van der Waals surface area contributed by atoms with Gasteiger partial charge in [0, 0.05) is 37.0 Å². The van der Waals surface area contributed by atoms with Crippen molar-refractivity contribution in [1.29, 1.82) is 0 Å². The third-order valence-electron chi connectivity index (χ3n) is 3.82. The van der Waals surface area contributed by atoms with E-state index in [-0.39, 0.29) is 5.91 Å². The van der Waals surface area contributed by atoms with Crippen LogP contribution in [0.4, 0.5) is 10.7 Å². The van der Waals surface area contributed by atoms with Crippen LogP contribution in [0.5, 0.6) is 0 Å². The molecule has 1 atom stereocenters. The molecule has 2 heterocycles. The number of methoxy groups -OCH3 is 1. The maximum Gasteiger partial charge on any atom is 0.261 e. The van der Waals surface area contributed by atoms with Gasteiger partial charge in [-0.1, -0.05) is 19.1 Å². The number of para-hydroxylation sites is 1. The minimum atomic E-state index is -0.00456. The second-order valence-electron chi connectivity index (χ2n) is 5.75. The molecule has 0 bridgehead atoms. The Balaban J connectivity index is 1.73. The standard InChI is InChI=1S/C18H22N2O2S2/c1-13-12-20(14-6-3-4-7-15(14)23-13)17-9-8-16(24-17)18(21)19-10-5-11-22-2/h3-4,6-9,13H,5,10-12H2,1-2H3,(H,19,21). The van der Waals surface area contributed by atoms with Gasteiger partial charge in [0.05, 0.1) is 15.6 Å². The summed E-state index contributed by atoms with van der Waals surface area (Å²) in [7, 11) is 1.67. The first-order valence-electron chi connectivity index (χ1n) is 8.09. The van der Waals surface area contributed by atoms with Gasteiger partial charge in [-0.05, 0) is 30.7 Å². The van der Waals surface area contributed by atoms with Crippen LogP contribution >= 0.6 is 23.1 Å². The van der Waals surface area contributed by atoms with Crippen molar-refractivity contribution in [3.63, 3.8) is 0 Å². The minimum Gasteiger partial charge on any atom is -0.385 e. The molecule has 1 aliphatic heterocycles. The van der Waals surface area contributed by atoms with Crippen LogP contribution in [0, 0.1) is 0 Å². The summed E-state index contributed by atoms with van der Waals surface area (Å²) in [5.41, 5.74) is 1.23. The molecule has 4 nitrogen and oxygen atoms in total. The van der Waals surface area contributed by atoms with E-state index in [0.29, 0.717) is 18.4 Å². The first-order valence-corrected chi connectivity index (χ1v) is 9.79. The number of carbonyl (C=O) groups is 1. The Morgan fingerprint density at radius 2 is 2.17 bits per heavy atom. The largest absolute Gasteiger partial charge is 0.385 e. The van der Waals surface area contributed by atoms with E-state index in [4.69, 9.17) is 4.74 Å². The molecular weight excluding hydrogens is 340 g/mol. The first-order chi connectivity index (χ1) is 11.7. The molecule has 0 fully saturated rings. The molecule has 0 aliphatic carbocycles. The van der Waals surface area contributed by atoms with E-state index in [1.165, 1.54) is 10.6 Å². The second-order valence-corrected chi connectivity index (χ2v) is 8.29. The predicted molar refractivity (Wildman–Crippen MR) is 102 cm³/mol. The van der Waals surface area contributed by atoms with Gasteiger partial charge < -0.3 is 15.0 Å². The van der Waals surface area contributed by atoms with Gasteiger partial charge in [-0.3, -0.25) is 4.79 Å². The number of benzene rings is 1. The average molecular weight is 363 g/mol. The SMILES string of the molecule is COCCCNC(=O)c1ccc(N2CC(C)Sc3ccccc32)s1. The van der Waals surface area contributed by atoms with Gasteiger partial charge in [0.2, 0.25) is 0 Å². The molecule has 0 radical (unpaired) electrons. The fraction of sp³-hybridized carbons (Fsp3) is 0.389. The lowest BCUT2D eigenvalue weighted by molar-refractivity contribution is 0.0952. The summed E-state index contributed by atoms with van der Waals surface area (Å²) in [5, 5.41) is 4.59. The molecule has 1 N–H and O–H groups in total. The number of carbonyl (C=O) groups excluding carboxylic acids is 1. The summed E-state index contributed by atoms with van der Waals surface area (Å²) in [6.45, 7) is 4.50. The maximum absolute atomic E-state index is 12.2. The van der Waals surface area contributed by atoms with E-state index in [1.54, 1.807) is 18.4 Å². The summed E-state index contributed by atoms with van der Waals surface area (Å²) in [4.78, 5) is 16.6. The van der Waals surface area contributed by atoms with Gasteiger partial charge in [0.15, 0.2) is 0 Å². The molecule has 0 saturated carbocycles. The molecular formula is C18H22N2O2S2. The zero-order valence-electron chi connectivity index (χ0n) is 14.0. The average Bonchev–Trinajstić information content (AvgIpc) is 3.08. The number of anilines is 2. The molecule has 3 rings (SSSR count). The summed E-state index contributed by atoms with van der Waals surface area (Å²) in [6, 6.07) is 12.4. The van der Waals surface area contributed by atoms with Crippen molar-refractivity contribution in [3.05, 3.63) is 41.3 Å². The molecule has 0 saturated heterocycles. The predicted octanol–water partition coefficient (Wildman–Crippen LogP) is 4.15. The van der Waals surface area contributed by atoms with E-state index >= 15 is 0 Å². The molecule has 1 aromatic carbocycles. The molecule has 1 aliphatic rings. The number of hydrogen-bond acceptors (Lipinski definition) is 5. The summed E-state index contributed by atoms with van der Waals surface area (Å²) in [5.74, 6) is -0.00456. The van der Waals surface area contributed by atoms with Crippen molar-refractivity contribution in [2.24, 2.45) is 0 Å². The lowest BCUT2D eigenvalue weighted by Crippen LogP contribution is -2.28. The lowest BCUT2D eigenvalue weighted by atomic mass is 10.2. The van der Waals surface area contributed by atoms with Crippen LogP contribution in [0.2, 0.25) is 0 Å². The fourth-order valence-corrected chi connectivity index (χ4v) is 4.76. The van der Waals surface area contributed by atoms with Crippen LogP contribution in [0.1, 0.15) is 23.0 Å². The number of rotatable bonds is 6. The molecule has 128 valence electrons. The molecule has 2 aromatic rings. The van der Waals surface area contributed by atoms with Gasteiger partial charge in [-0.2, -0.15) is 0 Å². The number of fused-ring (bicyclic) bond motifs is 1. The number of nitrogens with zero attached hydrogens (tertiary/aromatic N) is 1. The van der Waals surface area contributed by atoms with Crippen molar-refractivity contribution < 1.29 is 9.53 Å². The van der Waals surface area contributed by atoms with Crippen molar-refractivity contribution >= 4 is 39.7 Å². The Bertz CT molecular complexity index is 702. The smallest absolute Gasteiger partial charge is 0.261 e. The zero-order chi connectivity index (χ0) is 16.9. The number of ether oxygens (including phenoxy) is 1. The third kappa shape index (κ3) is 3.94. The molecule has 0 spiro atoms. The number of thioether (sulfide) groups is 1. The van der Waals surface area contributed by atoms with Crippen LogP contribution in [0.25, 0.3) is 0 Å². The summed E-state index contributed by atoms with van der Waals surface area (Å²) < 4.78 is 5.00. The fourth-order valence-electron chi connectivity index (χ4n) is 2.70. The second kappa shape index (κ2) is 8.05. The first kappa shape index (κ1) is 17.3. The van der Waals surface area contributed by atoms with Crippen molar-refractivity contribution in [3.8, 4) is 0 Å². The van der Waals surface area contributed by atoms with Crippen LogP contribution in [0.3, 0.4) is 0 Å². The monoisotopic (exact) mass is 362 g/mol. The van der Waals surface area contributed by atoms with E-state index < -0.39 is 0 Å². The zero-order valence-corrected chi connectivity index (χ0v) is 15.6. The highest BCUT2D eigenvalue weighted by molar-refractivity contribution is 8.00. The van der Waals surface area contributed by atoms with Crippen LogP contribution < -0.4 is 10.2 Å². The molecule has 1 unspecified atom stereocenters. The van der Waals surface area contributed by atoms with Crippen LogP contribution in [-0.2, 0) is 4.74 Å². The third-order valence-corrected chi connectivity index (χ3v) is 6.07. The number of nitrogens with one attached hydrogen (secondary N) is 1. The summed E-state index contributed by atoms with van der Waals surface area (Å²) in [6.07, 6.45) is 0.828. The lowest BCUT2D eigenvalue weighted by Gasteiger charge is -2.33. The van der Waals surface area contributed by atoms with Crippen LogP contribution in [-0.4, -0.2) is 38.0 Å². The number of amides is 1. The topological polar surface area (TPSA) is 41.6 Å². The van der Waals surface area contributed by atoms with Crippen LogP contribution in [0.15, 0.2) is 41.3 Å². The summed E-state index contributed by atoms with van der Waals surface area (Å²) >= 11 is 3.46. The van der Waals surface area contributed by atoms with E-state index in [9.17, 15) is 4.79 Å². The number of thiophene rings is 1. The van der Waals surface area contributed by atoms with Crippen molar-refractivity contribution in [1.82, 2.24) is 5.32 Å². The normalized spacial score (nSPS) is 16.8. The highest BCUT2D eigenvalue weighted by Gasteiger charge is 2.24. The highest BCUT2D eigenvalue weighted by atomic mass is 32.2. The van der Waals surface area contributed by atoms with Gasteiger partial charge in [-0.25, -0.2) is 0 Å². The van der Waals surface area contributed by atoms with Gasteiger partial charge in [-0.15, -0.1) is 23.1 Å². The van der Waals surface area contributed by atoms with Crippen molar-refractivity contribution in [2.75, 3.05) is 31.7 Å². The van der Waals surface area contributed by atoms with Gasteiger partial charge in [0.25, 0.3) is 5.91 Å². The Hall–Kier alpha value is -1.50. The molecule has 6 heteroatoms. The Morgan fingerprint density at radius 3 is 3.00 bits per heavy atom. The molecule has 1 aromatic heterocycles. The van der Waals surface area contributed by atoms with Gasteiger partial charge >= 0.3 is 0 Å². The van der Waals surface area contributed by atoms with Gasteiger partial charge in [0.1, 0.15) is 0 Å². The number of hydrogen-bond donors (Lipinski definition) is 1. The van der Waals surface area contributed by atoms with E-state index in [0.717, 1.165) is 22.8 Å². The molecule has 24 heavy (non-hydrogen) atoms. The van der Waals surface area contributed by atoms with Crippen molar-refractivity contribution in [2.45, 2.75) is 23.5 Å². The highest BCUT2D eigenvalue weighted by Crippen LogP contribution is 2.43. The maximum atomic E-state index is 12.2. The Kier molecular flexibility index (Phi) is 5.81. The molecule has 1 amide bonds. The Morgan fingerprint density at radius 1 is 1.33 bits per heavy atom. The Labute approximate surface area is 151 Å². The van der Waals surface area contributed by atoms with E-state index in [2.05, 4.69) is 41.4 Å². The quantitative estimate of drug-likeness (QED) is 0.784.